The van der Waals surface area contributed by atoms with Gasteiger partial charge in [-0.3, -0.25) is 4.79 Å². The molecular weight excluding hydrogens is 264 g/mol. The molecule has 1 amide bonds. The summed E-state index contributed by atoms with van der Waals surface area (Å²) in [6.07, 6.45) is 0. The Hall–Kier alpha value is -1.55. The topological polar surface area (TPSA) is 41.6 Å². The molecule has 0 aliphatic carbocycles. The Bertz CT molecular complexity index is 485. The lowest BCUT2D eigenvalue weighted by atomic mass is 9.87. The van der Waals surface area contributed by atoms with Crippen LogP contribution in [0.1, 0.15) is 32.4 Å². The number of hydrogen-bond acceptors (Lipinski definition) is 3. The van der Waals surface area contributed by atoms with Crippen LogP contribution in [0.15, 0.2) is 24.3 Å². The van der Waals surface area contributed by atoms with Crippen LogP contribution in [0.5, 0.6) is 5.75 Å². The molecule has 21 heavy (non-hydrogen) atoms. The molecule has 1 aliphatic heterocycles. The molecule has 116 valence electrons. The van der Waals surface area contributed by atoms with Crippen molar-refractivity contribution < 1.29 is 9.53 Å². The van der Waals surface area contributed by atoms with Crippen molar-refractivity contribution in [3.63, 3.8) is 0 Å². The normalized spacial score (nSPS) is 17.7. The Labute approximate surface area is 127 Å². The van der Waals surface area contributed by atoms with E-state index in [0.29, 0.717) is 5.92 Å². The summed E-state index contributed by atoms with van der Waals surface area (Å²) in [5, 5.41) is 3.24. The highest BCUT2D eigenvalue weighted by atomic mass is 16.5. The van der Waals surface area contributed by atoms with E-state index in [4.69, 9.17) is 4.74 Å². The average molecular weight is 290 g/mol. The molecule has 0 bridgehead atoms. The Morgan fingerprint density at radius 3 is 2.67 bits per heavy atom. The number of carbonyl (C=O) groups excluding carboxylic acids is 1. The quantitative estimate of drug-likeness (QED) is 0.875. The molecule has 1 fully saturated rings. The summed E-state index contributed by atoms with van der Waals surface area (Å²) in [4.78, 5) is 14.7. The summed E-state index contributed by atoms with van der Waals surface area (Å²) in [6, 6.07) is 8.03. The molecule has 1 aliphatic rings. The molecule has 1 aromatic carbocycles. The fourth-order valence-corrected chi connectivity index (χ4v) is 2.83. The van der Waals surface area contributed by atoms with Crippen LogP contribution >= 0.6 is 0 Å². The molecule has 0 saturated carbocycles. The van der Waals surface area contributed by atoms with Gasteiger partial charge in [-0.05, 0) is 50.6 Å². The fourth-order valence-electron chi connectivity index (χ4n) is 2.83. The van der Waals surface area contributed by atoms with Gasteiger partial charge in [0.25, 0.3) is 0 Å². The van der Waals surface area contributed by atoms with E-state index in [0.717, 1.165) is 30.9 Å². The zero-order valence-electron chi connectivity index (χ0n) is 13.4. The summed E-state index contributed by atoms with van der Waals surface area (Å²) < 4.78 is 5.28. The third-order valence-corrected chi connectivity index (χ3v) is 4.58. The second kappa shape index (κ2) is 6.94. The van der Waals surface area contributed by atoms with E-state index in [1.807, 2.05) is 30.0 Å². The van der Waals surface area contributed by atoms with E-state index in [2.05, 4.69) is 25.2 Å². The SMILES string of the molecule is CCN(C(=O)C(C)C1CNC1)C(C)c1cccc(OC)c1. The van der Waals surface area contributed by atoms with E-state index < -0.39 is 0 Å². The van der Waals surface area contributed by atoms with Gasteiger partial charge < -0.3 is 15.0 Å². The molecule has 1 aromatic rings. The van der Waals surface area contributed by atoms with Crippen LogP contribution < -0.4 is 10.1 Å². The monoisotopic (exact) mass is 290 g/mol. The van der Waals surface area contributed by atoms with Gasteiger partial charge in [0.15, 0.2) is 0 Å². The maximum atomic E-state index is 12.7. The van der Waals surface area contributed by atoms with Crippen molar-refractivity contribution in [1.82, 2.24) is 10.2 Å². The predicted molar refractivity (Wildman–Crippen MR) is 84.3 cm³/mol. The van der Waals surface area contributed by atoms with Gasteiger partial charge in [-0.1, -0.05) is 19.1 Å². The molecule has 0 radical (unpaired) electrons. The Morgan fingerprint density at radius 1 is 1.43 bits per heavy atom. The second-order valence-corrected chi connectivity index (χ2v) is 5.78. The van der Waals surface area contributed by atoms with Crippen molar-refractivity contribution in [3.8, 4) is 5.75 Å². The molecule has 0 aromatic heterocycles. The zero-order valence-corrected chi connectivity index (χ0v) is 13.4. The molecule has 1 N–H and O–H groups in total. The average Bonchev–Trinajstić information content (AvgIpc) is 2.45. The second-order valence-electron chi connectivity index (χ2n) is 5.78. The largest absolute Gasteiger partial charge is 0.497 e. The lowest BCUT2D eigenvalue weighted by Gasteiger charge is -2.37. The van der Waals surface area contributed by atoms with Crippen LogP contribution in [-0.4, -0.2) is 37.6 Å². The van der Waals surface area contributed by atoms with Crippen molar-refractivity contribution in [2.75, 3.05) is 26.7 Å². The van der Waals surface area contributed by atoms with E-state index in [9.17, 15) is 4.79 Å². The van der Waals surface area contributed by atoms with Gasteiger partial charge in [0.1, 0.15) is 5.75 Å². The van der Waals surface area contributed by atoms with E-state index >= 15 is 0 Å². The number of amides is 1. The number of nitrogens with one attached hydrogen (secondary N) is 1. The first-order valence-corrected chi connectivity index (χ1v) is 7.73. The fraction of sp³-hybridized carbons (Fsp3) is 0.588. The van der Waals surface area contributed by atoms with Crippen molar-refractivity contribution in [2.45, 2.75) is 26.8 Å². The van der Waals surface area contributed by atoms with Crippen LogP contribution in [0.4, 0.5) is 0 Å². The minimum atomic E-state index is 0.0630. The highest BCUT2D eigenvalue weighted by Gasteiger charge is 2.33. The van der Waals surface area contributed by atoms with Gasteiger partial charge in [0, 0.05) is 12.5 Å². The lowest BCUT2D eigenvalue weighted by molar-refractivity contribution is -0.139. The van der Waals surface area contributed by atoms with Crippen molar-refractivity contribution in [3.05, 3.63) is 29.8 Å². The maximum absolute atomic E-state index is 12.7. The van der Waals surface area contributed by atoms with Crippen LogP contribution in [0.3, 0.4) is 0 Å². The summed E-state index contributed by atoms with van der Waals surface area (Å²) in [6.45, 7) is 8.81. The van der Waals surface area contributed by atoms with Crippen LogP contribution in [0.2, 0.25) is 0 Å². The molecule has 4 nitrogen and oxygen atoms in total. The molecule has 1 saturated heterocycles. The van der Waals surface area contributed by atoms with Crippen molar-refractivity contribution in [2.24, 2.45) is 11.8 Å². The van der Waals surface area contributed by atoms with Crippen LogP contribution in [-0.2, 0) is 4.79 Å². The number of benzene rings is 1. The number of nitrogens with zero attached hydrogens (tertiary/aromatic N) is 1. The van der Waals surface area contributed by atoms with Crippen LogP contribution in [0.25, 0.3) is 0 Å². The van der Waals surface area contributed by atoms with E-state index in [-0.39, 0.29) is 17.9 Å². The third-order valence-electron chi connectivity index (χ3n) is 4.58. The maximum Gasteiger partial charge on any atom is 0.226 e. The number of hydrogen-bond donors (Lipinski definition) is 1. The molecular formula is C17H26N2O2. The molecule has 4 heteroatoms. The molecule has 2 unspecified atom stereocenters. The number of methoxy groups -OCH3 is 1. The van der Waals surface area contributed by atoms with E-state index in [1.165, 1.54) is 0 Å². The molecule has 1 heterocycles. The standard InChI is InChI=1S/C17H26N2O2/c1-5-19(17(20)12(2)15-10-18-11-15)13(3)14-7-6-8-16(9-14)21-4/h6-9,12-13,15,18H,5,10-11H2,1-4H3. The molecule has 0 spiro atoms. The highest BCUT2D eigenvalue weighted by molar-refractivity contribution is 5.79. The minimum absolute atomic E-state index is 0.0630. The summed E-state index contributed by atoms with van der Waals surface area (Å²) in [5.74, 6) is 1.64. The predicted octanol–water partition coefficient (Wildman–Crippen LogP) is 2.46. The highest BCUT2D eigenvalue weighted by Crippen LogP contribution is 2.27. The summed E-state index contributed by atoms with van der Waals surface area (Å²) in [5.41, 5.74) is 1.11. The Balaban J connectivity index is 2.13. The lowest BCUT2D eigenvalue weighted by Crippen LogP contribution is -2.50. The van der Waals surface area contributed by atoms with Gasteiger partial charge in [0.05, 0.1) is 13.2 Å². The first-order chi connectivity index (χ1) is 10.1. The zero-order chi connectivity index (χ0) is 15.4. The Morgan fingerprint density at radius 2 is 2.14 bits per heavy atom. The smallest absolute Gasteiger partial charge is 0.226 e. The van der Waals surface area contributed by atoms with Gasteiger partial charge in [-0.2, -0.15) is 0 Å². The summed E-state index contributed by atoms with van der Waals surface area (Å²) in [7, 11) is 1.66. The molecule has 2 atom stereocenters. The first-order valence-electron chi connectivity index (χ1n) is 7.73. The number of ether oxygens (including phenoxy) is 1. The number of rotatable bonds is 6. The van der Waals surface area contributed by atoms with Crippen LogP contribution in [0, 0.1) is 11.8 Å². The van der Waals surface area contributed by atoms with Gasteiger partial charge in [-0.15, -0.1) is 0 Å². The van der Waals surface area contributed by atoms with Gasteiger partial charge >= 0.3 is 0 Å². The van der Waals surface area contributed by atoms with Gasteiger partial charge in [0.2, 0.25) is 5.91 Å². The number of carbonyl (C=O) groups is 1. The first kappa shape index (κ1) is 15.8. The van der Waals surface area contributed by atoms with E-state index in [1.54, 1.807) is 7.11 Å². The van der Waals surface area contributed by atoms with Crippen molar-refractivity contribution in [1.29, 1.82) is 0 Å². The van der Waals surface area contributed by atoms with Crippen molar-refractivity contribution >= 4 is 5.91 Å². The minimum Gasteiger partial charge on any atom is -0.497 e. The van der Waals surface area contributed by atoms with Gasteiger partial charge in [-0.25, -0.2) is 0 Å². The summed E-state index contributed by atoms with van der Waals surface area (Å²) >= 11 is 0. The Kier molecular flexibility index (Phi) is 5.23. The molecule has 2 rings (SSSR count). The third kappa shape index (κ3) is 3.38.